The molecular formula is C19H23FN2O4S. The van der Waals surface area contributed by atoms with Gasteiger partial charge in [0.25, 0.3) is 10.0 Å². The molecule has 1 amide bonds. The molecular weight excluding hydrogens is 371 g/mol. The van der Waals surface area contributed by atoms with E-state index in [1.165, 1.54) is 24.3 Å². The van der Waals surface area contributed by atoms with Crippen molar-refractivity contribution in [1.29, 1.82) is 0 Å². The number of hydrogen-bond acceptors (Lipinski definition) is 4. The average molecular weight is 394 g/mol. The van der Waals surface area contributed by atoms with Crippen molar-refractivity contribution in [2.45, 2.75) is 18.2 Å². The predicted molar refractivity (Wildman–Crippen MR) is 101 cm³/mol. The Labute approximate surface area is 159 Å². The number of carbonyl (C=O) groups is 1. The van der Waals surface area contributed by atoms with E-state index in [4.69, 9.17) is 4.74 Å². The Balaban J connectivity index is 2.18. The van der Waals surface area contributed by atoms with Gasteiger partial charge in [-0.1, -0.05) is 18.2 Å². The van der Waals surface area contributed by atoms with Crippen LogP contribution < -0.4 is 9.62 Å². The number of hydrogen-bond donors (Lipinski definition) is 1. The van der Waals surface area contributed by atoms with E-state index in [9.17, 15) is 17.6 Å². The fourth-order valence-electron chi connectivity index (χ4n) is 2.37. The van der Waals surface area contributed by atoms with Gasteiger partial charge >= 0.3 is 0 Å². The van der Waals surface area contributed by atoms with Gasteiger partial charge in [-0.3, -0.25) is 9.10 Å². The molecule has 2 rings (SSSR count). The first kappa shape index (κ1) is 20.9. The van der Waals surface area contributed by atoms with E-state index in [1.54, 1.807) is 18.2 Å². The number of amides is 1. The first-order valence-electron chi connectivity index (χ1n) is 8.63. The van der Waals surface area contributed by atoms with Gasteiger partial charge in [0.05, 0.1) is 10.6 Å². The smallest absolute Gasteiger partial charge is 0.264 e. The van der Waals surface area contributed by atoms with E-state index in [0.29, 0.717) is 26.2 Å². The van der Waals surface area contributed by atoms with Gasteiger partial charge in [0, 0.05) is 19.8 Å². The molecule has 0 bridgehead atoms. The first-order valence-corrected chi connectivity index (χ1v) is 10.1. The Bertz CT molecular complexity index is 827. The molecule has 0 unspecified atom stereocenters. The number of ether oxygens (including phenoxy) is 1. The van der Waals surface area contributed by atoms with Crippen LogP contribution in [0, 0.1) is 5.82 Å². The second-order valence-corrected chi connectivity index (χ2v) is 7.56. The third-order valence-corrected chi connectivity index (χ3v) is 5.51. The average Bonchev–Trinajstić information content (AvgIpc) is 2.67. The van der Waals surface area contributed by atoms with Gasteiger partial charge in [-0.05, 0) is 49.7 Å². The normalized spacial score (nSPS) is 11.2. The second kappa shape index (κ2) is 10.0. The van der Waals surface area contributed by atoms with Crippen molar-refractivity contribution in [2.24, 2.45) is 0 Å². The third-order valence-electron chi connectivity index (χ3n) is 3.72. The molecule has 0 fully saturated rings. The van der Waals surface area contributed by atoms with Gasteiger partial charge in [-0.25, -0.2) is 12.8 Å². The highest BCUT2D eigenvalue weighted by molar-refractivity contribution is 7.92. The lowest BCUT2D eigenvalue weighted by Gasteiger charge is -2.24. The number of halogens is 1. The molecule has 2 aromatic carbocycles. The maximum absolute atomic E-state index is 13.2. The van der Waals surface area contributed by atoms with E-state index in [-0.39, 0.29) is 10.6 Å². The van der Waals surface area contributed by atoms with Crippen LogP contribution in [0.5, 0.6) is 0 Å². The molecule has 0 saturated heterocycles. The zero-order valence-electron chi connectivity index (χ0n) is 15.1. The molecule has 0 aliphatic rings. The summed E-state index contributed by atoms with van der Waals surface area (Å²) < 4.78 is 45.4. The summed E-state index contributed by atoms with van der Waals surface area (Å²) in [6.07, 6.45) is 0.627. The molecule has 0 spiro atoms. The lowest BCUT2D eigenvalue weighted by molar-refractivity contribution is -0.119. The van der Waals surface area contributed by atoms with E-state index in [2.05, 4.69) is 5.32 Å². The van der Waals surface area contributed by atoms with Gasteiger partial charge in [0.1, 0.15) is 12.4 Å². The van der Waals surface area contributed by atoms with Crippen LogP contribution in [0.3, 0.4) is 0 Å². The summed E-state index contributed by atoms with van der Waals surface area (Å²) >= 11 is 0. The van der Waals surface area contributed by atoms with Gasteiger partial charge in [0.15, 0.2) is 0 Å². The quantitative estimate of drug-likeness (QED) is 0.629. The second-order valence-electron chi connectivity index (χ2n) is 5.70. The molecule has 0 heterocycles. The summed E-state index contributed by atoms with van der Waals surface area (Å²) in [5.41, 5.74) is 0.213. The van der Waals surface area contributed by atoms with Crippen molar-refractivity contribution in [3.63, 3.8) is 0 Å². The summed E-state index contributed by atoms with van der Waals surface area (Å²) in [6, 6.07) is 12.8. The molecule has 6 nitrogen and oxygen atoms in total. The zero-order valence-corrected chi connectivity index (χ0v) is 15.9. The summed E-state index contributed by atoms with van der Waals surface area (Å²) in [7, 11) is -3.98. The van der Waals surface area contributed by atoms with Crippen LogP contribution in [0.25, 0.3) is 0 Å². The lowest BCUT2D eigenvalue weighted by Crippen LogP contribution is -2.41. The first-order chi connectivity index (χ1) is 12.9. The Kier molecular flexibility index (Phi) is 7.75. The Morgan fingerprint density at radius 1 is 1.11 bits per heavy atom. The fraction of sp³-hybridized carbons (Fsp3) is 0.316. The minimum Gasteiger partial charge on any atom is -0.382 e. The number of nitrogens with zero attached hydrogens (tertiary/aromatic N) is 1. The summed E-state index contributed by atoms with van der Waals surface area (Å²) in [4.78, 5) is 12.3. The van der Waals surface area contributed by atoms with Gasteiger partial charge in [-0.15, -0.1) is 0 Å². The molecule has 0 aliphatic carbocycles. The maximum atomic E-state index is 13.2. The molecule has 27 heavy (non-hydrogen) atoms. The molecule has 2 aromatic rings. The van der Waals surface area contributed by atoms with Gasteiger partial charge in [-0.2, -0.15) is 0 Å². The number of benzene rings is 2. The van der Waals surface area contributed by atoms with Crippen molar-refractivity contribution in [3.05, 3.63) is 60.4 Å². The molecule has 146 valence electrons. The standard InChI is InChI=1S/C19H23FN2O4S/c1-2-26-14-6-13-21-19(23)15-22(17-11-9-16(20)10-12-17)27(24,25)18-7-4-3-5-8-18/h3-5,7-12H,2,6,13-15H2,1H3,(H,21,23). The summed E-state index contributed by atoms with van der Waals surface area (Å²) in [5, 5.41) is 2.68. The third kappa shape index (κ3) is 6.04. The molecule has 8 heteroatoms. The summed E-state index contributed by atoms with van der Waals surface area (Å²) in [5.74, 6) is -0.938. The molecule has 0 radical (unpaired) electrons. The lowest BCUT2D eigenvalue weighted by atomic mass is 10.3. The van der Waals surface area contributed by atoms with Gasteiger partial charge < -0.3 is 10.1 Å². The zero-order chi connectivity index (χ0) is 19.7. The molecule has 0 saturated carbocycles. The maximum Gasteiger partial charge on any atom is 0.264 e. The monoisotopic (exact) mass is 394 g/mol. The number of anilines is 1. The van der Waals surface area contributed by atoms with Gasteiger partial charge in [0.2, 0.25) is 5.91 Å². The number of nitrogens with one attached hydrogen (secondary N) is 1. The number of sulfonamides is 1. The molecule has 0 atom stereocenters. The Morgan fingerprint density at radius 2 is 1.78 bits per heavy atom. The van der Waals surface area contributed by atoms with Crippen molar-refractivity contribution in [3.8, 4) is 0 Å². The van der Waals surface area contributed by atoms with Crippen LogP contribution in [0.4, 0.5) is 10.1 Å². The van der Waals surface area contributed by atoms with Crippen LogP contribution in [-0.2, 0) is 19.6 Å². The van der Waals surface area contributed by atoms with Crippen LogP contribution >= 0.6 is 0 Å². The number of rotatable bonds is 10. The molecule has 0 aliphatic heterocycles. The van der Waals surface area contributed by atoms with E-state index in [1.807, 2.05) is 6.92 Å². The van der Waals surface area contributed by atoms with E-state index in [0.717, 1.165) is 16.4 Å². The van der Waals surface area contributed by atoms with Crippen LogP contribution in [0.2, 0.25) is 0 Å². The predicted octanol–water partition coefficient (Wildman–Crippen LogP) is 2.56. The van der Waals surface area contributed by atoms with Crippen LogP contribution in [-0.4, -0.2) is 40.6 Å². The minimum absolute atomic E-state index is 0.0541. The topological polar surface area (TPSA) is 75.7 Å². The number of carbonyl (C=O) groups excluding carboxylic acids is 1. The molecule has 0 aromatic heterocycles. The highest BCUT2D eigenvalue weighted by Gasteiger charge is 2.26. The Hall–Kier alpha value is -2.45. The minimum atomic E-state index is -3.98. The Morgan fingerprint density at radius 3 is 2.41 bits per heavy atom. The van der Waals surface area contributed by atoms with Crippen molar-refractivity contribution in [1.82, 2.24) is 5.32 Å². The van der Waals surface area contributed by atoms with Crippen molar-refractivity contribution in [2.75, 3.05) is 30.6 Å². The fourth-order valence-corrected chi connectivity index (χ4v) is 3.82. The largest absolute Gasteiger partial charge is 0.382 e. The highest BCUT2D eigenvalue weighted by Crippen LogP contribution is 2.23. The van der Waals surface area contributed by atoms with Crippen molar-refractivity contribution >= 4 is 21.6 Å². The van der Waals surface area contributed by atoms with Crippen LogP contribution in [0.15, 0.2) is 59.5 Å². The van der Waals surface area contributed by atoms with E-state index < -0.39 is 28.3 Å². The molecule has 1 N–H and O–H groups in total. The SMILES string of the molecule is CCOCCCNC(=O)CN(c1ccc(F)cc1)S(=O)(=O)c1ccccc1. The van der Waals surface area contributed by atoms with Crippen LogP contribution in [0.1, 0.15) is 13.3 Å². The van der Waals surface area contributed by atoms with E-state index >= 15 is 0 Å². The highest BCUT2D eigenvalue weighted by atomic mass is 32.2. The summed E-state index contributed by atoms with van der Waals surface area (Å²) in [6.45, 7) is 2.97. The van der Waals surface area contributed by atoms with Crippen molar-refractivity contribution < 1.29 is 22.3 Å².